The molecule has 0 heteroatoms. The average molecular weight is 439 g/mol. The number of aryl methyl sites for hydroxylation is 1. The topological polar surface area (TPSA) is 0 Å². The van der Waals surface area contributed by atoms with Gasteiger partial charge >= 0.3 is 0 Å². The maximum Gasteiger partial charge on any atom is -0.000697 e. The summed E-state index contributed by atoms with van der Waals surface area (Å²) in [6.07, 6.45) is 7.99. The number of benzene rings is 2. The van der Waals surface area contributed by atoms with Crippen molar-refractivity contribution in [1.82, 2.24) is 0 Å². The van der Waals surface area contributed by atoms with Gasteiger partial charge in [0.2, 0.25) is 0 Å². The highest BCUT2D eigenvalue weighted by atomic mass is 14.1. The highest BCUT2D eigenvalue weighted by Gasteiger charge is 2.07. The summed E-state index contributed by atoms with van der Waals surface area (Å²) in [6, 6.07) is 19.3. The largest absolute Gasteiger partial charge is 0.102 e. The molecule has 1 unspecified atom stereocenters. The Bertz CT molecular complexity index is 639. The zero-order valence-electron chi connectivity index (χ0n) is 23.3. The smallest absolute Gasteiger partial charge is 0.000697 e. The Labute approximate surface area is 202 Å². The van der Waals surface area contributed by atoms with Crippen LogP contribution in [0.25, 0.3) is 11.6 Å². The highest BCUT2D eigenvalue weighted by molar-refractivity contribution is 5.83. The molecule has 1 atom stereocenters. The lowest BCUT2D eigenvalue weighted by Gasteiger charge is -2.13. The van der Waals surface area contributed by atoms with E-state index in [9.17, 15) is 0 Å². The molecule has 32 heavy (non-hydrogen) atoms. The Kier molecular flexibility index (Phi) is 27.2. The molecule has 0 radical (unpaired) electrons. The van der Waals surface area contributed by atoms with Crippen LogP contribution >= 0.6 is 0 Å². The molecule has 0 bridgehead atoms. The highest BCUT2D eigenvalue weighted by Crippen LogP contribution is 2.26. The summed E-state index contributed by atoms with van der Waals surface area (Å²) in [5, 5.41) is 0. The molecular weight excluding hydrogens is 384 g/mol. The number of hydrogen-bond donors (Lipinski definition) is 0. The number of allylic oxidation sites excluding steroid dienone is 2. The lowest BCUT2D eigenvalue weighted by Crippen LogP contribution is -1.95. The predicted molar refractivity (Wildman–Crippen MR) is 153 cm³/mol. The molecule has 0 aromatic heterocycles. The number of rotatable bonds is 6. The van der Waals surface area contributed by atoms with Gasteiger partial charge < -0.3 is 0 Å². The Morgan fingerprint density at radius 3 is 1.53 bits per heavy atom. The molecule has 0 aliphatic carbocycles. The lowest BCUT2D eigenvalue weighted by atomic mass is 9.92. The van der Waals surface area contributed by atoms with Crippen molar-refractivity contribution in [1.29, 1.82) is 0 Å². The molecule has 0 aliphatic rings. The molecule has 0 N–H and O–H groups in total. The van der Waals surface area contributed by atoms with Crippen LogP contribution in [0, 0.1) is 11.8 Å². The third-order valence-corrected chi connectivity index (χ3v) is 4.16. The van der Waals surface area contributed by atoms with Gasteiger partial charge in [0, 0.05) is 0 Å². The monoisotopic (exact) mass is 438 g/mol. The van der Waals surface area contributed by atoms with Gasteiger partial charge in [0.15, 0.2) is 0 Å². The minimum absolute atomic E-state index is 0.336. The number of hydrogen-bond acceptors (Lipinski definition) is 0. The molecule has 182 valence electrons. The van der Waals surface area contributed by atoms with Gasteiger partial charge in [-0.2, -0.15) is 0 Å². The fourth-order valence-electron chi connectivity index (χ4n) is 2.26. The number of unbranched alkanes of at least 4 members (excludes halogenated alkanes) is 1. The van der Waals surface area contributed by atoms with Crippen LogP contribution in [-0.2, 0) is 6.42 Å². The molecule has 0 saturated carbocycles. The van der Waals surface area contributed by atoms with E-state index in [4.69, 9.17) is 0 Å². The molecule has 0 nitrogen and oxygen atoms in total. The van der Waals surface area contributed by atoms with Crippen LogP contribution in [0.2, 0.25) is 0 Å². The van der Waals surface area contributed by atoms with Crippen molar-refractivity contribution in [2.45, 2.75) is 95.4 Å². The second-order valence-electron chi connectivity index (χ2n) is 7.82. The first-order valence-corrected chi connectivity index (χ1v) is 12.9. The van der Waals surface area contributed by atoms with Crippen LogP contribution < -0.4 is 0 Å². The minimum atomic E-state index is 0.336. The van der Waals surface area contributed by atoms with Crippen molar-refractivity contribution in [2.75, 3.05) is 0 Å². The molecule has 2 rings (SSSR count). The van der Waals surface area contributed by atoms with Gasteiger partial charge in [0.25, 0.3) is 0 Å². The van der Waals surface area contributed by atoms with E-state index in [1.165, 1.54) is 35.1 Å². The van der Waals surface area contributed by atoms with Gasteiger partial charge in [-0.1, -0.05) is 156 Å². The fraction of sp³-hybridized carbons (Fsp3) is 0.500. The molecule has 0 amide bonds. The molecule has 0 saturated heterocycles. The van der Waals surface area contributed by atoms with Crippen molar-refractivity contribution in [3.05, 3.63) is 83.9 Å². The van der Waals surface area contributed by atoms with E-state index in [0.717, 1.165) is 12.3 Å². The zero-order valence-corrected chi connectivity index (χ0v) is 23.3. The Morgan fingerprint density at radius 2 is 1.19 bits per heavy atom. The second kappa shape index (κ2) is 25.2. The van der Waals surface area contributed by atoms with Crippen molar-refractivity contribution in [2.24, 2.45) is 11.8 Å². The Hall–Kier alpha value is -2.08. The normalized spacial score (nSPS) is 10.6. The lowest BCUT2D eigenvalue weighted by molar-refractivity contribution is 0.737. The van der Waals surface area contributed by atoms with Gasteiger partial charge in [-0.05, 0) is 40.5 Å². The van der Waals surface area contributed by atoms with Crippen molar-refractivity contribution in [3.8, 4) is 0 Å². The third kappa shape index (κ3) is 18.7. The van der Waals surface area contributed by atoms with Crippen LogP contribution in [0.3, 0.4) is 0 Å². The summed E-state index contributed by atoms with van der Waals surface area (Å²) in [5.74, 6) is 1.17. The SMILES string of the molecule is C=CC(C)/C(=C\c1ccc(CC)cc1)c1ccccc1.CC.CC.CC(C)C.CCCC. The van der Waals surface area contributed by atoms with Gasteiger partial charge in [-0.15, -0.1) is 6.58 Å². The zero-order chi connectivity index (χ0) is 25.4. The first kappa shape index (κ1) is 34.5. The van der Waals surface area contributed by atoms with Crippen molar-refractivity contribution < 1.29 is 0 Å². The standard InChI is InChI=1S/C20H22.2C4H10.2C2H6/c1-4-16(3)20(19-9-7-6-8-10-19)15-18-13-11-17(5-2)12-14-18;1-4(2)3;1-3-4-2;2*1-2/h4,6-16H,1,5H2,2-3H3;4H,1-3H3;3-4H2,1-2H3;2*1-2H3/b20-15+;;;;. The van der Waals surface area contributed by atoms with E-state index >= 15 is 0 Å². The van der Waals surface area contributed by atoms with Gasteiger partial charge in [0.1, 0.15) is 0 Å². The first-order valence-electron chi connectivity index (χ1n) is 12.9. The van der Waals surface area contributed by atoms with Gasteiger partial charge in [0.05, 0.1) is 0 Å². The Balaban J connectivity index is -0.000000589. The van der Waals surface area contributed by atoms with E-state index in [2.05, 4.69) is 116 Å². The summed E-state index contributed by atoms with van der Waals surface area (Å²) in [5.41, 5.74) is 5.19. The summed E-state index contributed by atoms with van der Waals surface area (Å²) in [4.78, 5) is 0. The summed E-state index contributed by atoms with van der Waals surface area (Å²) < 4.78 is 0. The van der Waals surface area contributed by atoms with E-state index in [-0.39, 0.29) is 0 Å². The van der Waals surface area contributed by atoms with E-state index in [1.54, 1.807) is 0 Å². The summed E-state index contributed by atoms with van der Waals surface area (Å²) in [7, 11) is 0. The summed E-state index contributed by atoms with van der Waals surface area (Å²) >= 11 is 0. The molecule has 2 aromatic rings. The van der Waals surface area contributed by atoms with Crippen LogP contribution in [-0.4, -0.2) is 0 Å². The molecular formula is C32H54. The van der Waals surface area contributed by atoms with Crippen molar-refractivity contribution in [3.63, 3.8) is 0 Å². The van der Waals surface area contributed by atoms with Crippen LogP contribution in [0.15, 0.2) is 67.3 Å². The van der Waals surface area contributed by atoms with Gasteiger partial charge in [-0.3, -0.25) is 0 Å². The van der Waals surface area contributed by atoms with Gasteiger partial charge in [-0.25, -0.2) is 0 Å². The third-order valence-electron chi connectivity index (χ3n) is 4.16. The maximum atomic E-state index is 3.94. The van der Waals surface area contributed by atoms with E-state index in [1.807, 2.05) is 33.8 Å². The maximum absolute atomic E-state index is 3.94. The summed E-state index contributed by atoms with van der Waals surface area (Å²) in [6.45, 7) is 27.2. The molecule has 0 spiro atoms. The fourth-order valence-corrected chi connectivity index (χ4v) is 2.26. The quantitative estimate of drug-likeness (QED) is 0.310. The van der Waals surface area contributed by atoms with Crippen LogP contribution in [0.1, 0.15) is 106 Å². The Morgan fingerprint density at radius 1 is 0.750 bits per heavy atom. The predicted octanol–water partition coefficient (Wildman–Crippen LogP) is 11.1. The average Bonchev–Trinajstić information content (AvgIpc) is 2.85. The molecule has 2 aromatic carbocycles. The van der Waals surface area contributed by atoms with E-state index < -0.39 is 0 Å². The van der Waals surface area contributed by atoms with Crippen LogP contribution in [0.5, 0.6) is 0 Å². The van der Waals surface area contributed by atoms with E-state index in [0.29, 0.717) is 5.92 Å². The minimum Gasteiger partial charge on any atom is -0.102 e. The van der Waals surface area contributed by atoms with Crippen LogP contribution in [0.4, 0.5) is 0 Å². The molecule has 0 aliphatic heterocycles. The molecule has 0 heterocycles. The van der Waals surface area contributed by atoms with Crippen molar-refractivity contribution >= 4 is 11.6 Å². The first-order chi connectivity index (χ1) is 15.4. The molecule has 0 fully saturated rings. The second-order valence-corrected chi connectivity index (χ2v) is 7.82.